The van der Waals surface area contributed by atoms with Gasteiger partial charge in [0.15, 0.2) is 0 Å². The molecule has 0 spiro atoms. The van der Waals surface area contributed by atoms with E-state index in [1.54, 1.807) is 12.1 Å². The Hall–Kier alpha value is -1.51. The van der Waals surface area contributed by atoms with Crippen LogP contribution in [0.4, 0.5) is 0 Å². The van der Waals surface area contributed by atoms with Crippen LogP contribution in [0.2, 0.25) is 10.0 Å². The number of carbonyl (C=O) groups is 1. The van der Waals surface area contributed by atoms with Crippen molar-refractivity contribution in [2.75, 3.05) is 0 Å². The molecule has 0 heterocycles. The third-order valence-electron chi connectivity index (χ3n) is 5.26. The van der Waals surface area contributed by atoms with Crippen LogP contribution in [0.25, 0.3) is 0 Å². The number of carbonyl (C=O) groups excluding carboxylic acids is 1. The van der Waals surface area contributed by atoms with Gasteiger partial charge in [-0.15, -0.1) is 0 Å². The van der Waals surface area contributed by atoms with Crippen LogP contribution < -0.4 is 4.74 Å². The molecule has 0 aromatic heterocycles. The highest BCUT2D eigenvalue weighted by Gasteiger charge is 2.22. The molecule has 1 aliphatic rings. The average Bonchev–Trinajstić information content (AvgIpc) is 2.63. The molecular weight excluding hydrogens is 367 g/mol. The van der Waals surface area contributed by atoms with Gasteiger partial charge < -0.3 is 4.74 Å². The van der Waals surface area contributed by atoms with Gasteiger partial charge in [-0.05, 0) is 73.4 Å². The van der Waals surface area contributed by atoms with Crippen LogP contribution in [-0.4, -0.2) is 5.97 Å². The third-order valence-corrected chi connectivity index (χ3v) is 5.80. The van der Waals surface area contributed by atoms with Crippen molar-refractivity contribution in [3.63, 3.8) is 0 Å². The summed E-state index contributed by atoms with van der Waals surface area (Å²) in [5, 5.41) is 0.785. The van der Waals surface area contributed by atoms with Crippen LogP contribution in [0.15, 0.2) is 42.5 Å². The zero-order chi connectivity index (χ0) is 18.5. The molecule has 0 amide bonds. The lowest BCUT2D eigenvalue weighted by Gasteiger charge is -2.28. The van der Waals surface area contributed by atoms with E-state index in [-0.39, 0.29) is 0 Å². The first kappa shape index (κ1) is 19.3. The molecule has 1 saturated carbocycles. The summed E-state index contributed by atoms with van der Waals surface area (Å²) in [7, 11) is 0. The fourth-order valence-electron chi connectivity index (χ4n) is 3.82. The number of ether oxygens (including phenoxy) is 1. The fourth-order valence-corrected chi connectivity index (χ4v) is 4.30. The SMILES string of the molecule is CCCC1CCC(c2ccc(OC(=O)c3ccc(Cl)cc3Cl)cc2)CC1. The van der Waals surface area contributed by atoms with Crippen LogP contribution in [0.1, 0.15) is 67.3 Å². The lowest BCUT2D eigenvalue weighted by Crippen LogP contribution is -2.13. The molecule has 0 bridgehead atoms. The smallest absolute Gasteiger partial charge is 0.345 e. The fraction of sp³-hybridized carbons (Fsp3) is 0.409. The van der Waals surface area contributed by atoms with E-state index >= 15 is 0 Å². The standard InChI is InChI=1S/C22H24Cl2O2/c1-2-3-15-4-6-16(7-5-15)17-8-11-19(12-9-17)26-22(25)20-13-10-18(23)14-21(20)24/h8-16H,2-7H2,1H3. The maximum atomic E-state index is 12.3. The van der Waals surface area contributed by atoms with Gasteiger partial charge in [0.2, 0.25) is 0 Å². The summed E-state index contributed by atoms with van der Waals surface area (Å²) in [6.45, 7) is 2.27. The molecule has 0 N–H and O–H groups in total. The molecule has 3 rings (SSSR count). The minimum atomic E-state index is -0.473. The number of esters is 1. The number of halogens is 2. The Bertz CT molecular complexity index is 747. The minimum absolute atomic E-state index is 0.294. The maximum Gasteiger partial charge on any atom is 0.345 e. The molecule has 138 valence electrons. The molecule has 0 saturated heterocycles. The van der Waals surface area contributed by atoms with Crippen molar-refractivity contribution in [3.8, 4) is 5.75 Å². The van der Waals surface area contributed by atoms with E-state index in [1.807, 2.05) is 12.1 Å². The topological polar surface area (TPSA) is 26.3 Å². The van der Waals surface area contributed by atoms with Crippen molar-refractivity contribution in [1.82, 2.24) is 0 Å². The second-order valence-corrected chi connectivity index (χ2v) is 7.93. The predicted octanol–water partition coefficient (Wildman–Crippen LogP) is 7.29. The Kier molecular flexibility index (Phi) is 6.61. The van der Waals surface area contributed by atoms with E-state index in [0.29, 0.717) is 27.3 Å². The minimum Gasteiger partial charge on any atom is -0.423 e. The third kappa shape index (κ3) is 4.81. The van der Waals surface area contributed by atoms with Gasteiger partial charge in [0.1, 0.15) is 5.75 Å². The van der Waals surface area contributed by atoms with E-state index in [1.165, 1.54) is 50.2 Å². The van der Waals surface area contributed by atoms with Gasteiger partial charge in [-0.2, -0.15) is 0 Å². The maximum absolute atomic E-state index is 12.3. The molecule has 1 fully saturated rings. The highest BCUT2D eigenvalue weighted by molar-refractivity contribution is 6.36. The van der Waals surface area contributed by atoms with Crippen molar-refractivity contribution in [2.45, 2.75) is 51.4 Å². The van der Waals surface area contributed by atoms with Crippen LogP contribution in [0.3, 0.4) is 0 Å². The zero-order valence-corrected chi connectivity index (χ0v) is 16.5. The highest BCUT2D eigenvalue weighted by atomic mass is 35.5. The van der Waals surface area contributed by atoms with Crippen LogP contribution in [-0.2, 0) is 0 Å². The highest BCUT2D eigenvalue weighted by Crippen LogP contribution is 2.37. The molecule has 0 atom stereocenters. The summed E-state index contributed by atoms with van der Waals surface area (Å²) in [4.78, 5) is 12.3. The Morgan fingerprint density at radius 1 is 1.04 bits per heavy atom. The van der Waals surface area contributed by atoms with Gasteiger partial charge >= 0.3 is 5.97 Å². The van der Waals surface area contributed by atoms with Crippen LogP contribution in [0.5, 0.6) is 5.75 Å². The van der Waals surface area contributed by atoms with Gasteiger partial charge in [0, 0.05) is 5.02 Å². The summed E-state index contributed by atoms with van der Waals surface area (Å²) in [6, 6.07) is 12.6. The van der Waals surface area contributed by atoms with Crippen LogP contribution >= 0.6 is 23.2 Å². The Morgan fingerprint density at radius 2 is 1.73 bits per heavy atom. The molecule has 0 radical (unpaired) electrons. The van der Waals surface area contributed by atoms with E-state index in [4.69, 9.17) is 27.9 Å². The zero-order valence-electron chi connectivity index (χ0n) is 15.0. The van der Waals surface area contributed by atoms with Gasteiger partial charge in [0.05, 0.1) is 10.6 Å². The van der Waals surface area contributed by atoms with Crippen molar-refractivity contribution < 1.29 is 9.53 Å². The first-order valence-electron chi connectivity index (χ1n) is 9.34. The number of hydrogen-bond acceptors (Lipinski definition) is 2. The summed E-state index contributed by atoms with van der Waals surface area (Å²) in [5.41, 5.74) is 1.65. The first-order valence-corrected chi connectivity index (χ1v) is 10.1. The van der Waals surface area contributed by atoms with E-state index in [9.17, 15) is 4.79 Å². The average molecular weight is 391 g/mol. The second kappa shape index (κ2) is 8.92. The molecule has 2 nitrogen and oxygen atoms in total. The van der Waals surface area contributed by atoms with Crippen molar-refractivity contribution >= 4 is 29.2 Å². The summed E-state index contributed by atoms with van der Waals surface area (Å²) in [5.74, 6) is 1.59. The van der Waals surface area contributed by atoms with Gasteiger partial charge in [-0.3, -0.25) is 0 Å². The van der Waals surface area contributed by atoms with Crippen molar-refractivity contribution in [1.29, 1.82) is 0 Å². The Balaban J connectivity index is 1.60. The Labute approximate surface area is 165 Å². The summed E-state index contributed by atoms with van der Waals surface area (Å²) >= 11 is 11.9. The molecule has 26 heavy (non-hydrogen) atoms. The first-order chi connectivity index (χ1) is 12.6. The lowest BCUT2D eigenvalue weighted by molar-refractivity contribution is 0.0735. The quantitative estimate of drug-likeness (QED) is 0.395. The monoisotopic (exact) mass is 390 g/mol. The Morgan fingerprint density at radius 3 is 2.35 bits per heavy atom. The molecule has 1 aliphatic carbocycles. The molecule has 2 aromatic carbocycles. The summed E-state index contributed by atoms with van der Waals surface area (Å²) in [6.07, 6.45) is 7.80. The molecule has 0 aliphatic heterocycles. The van der Waals surface area contributed by atoms with Gasteiger partial charge in [-0.1, -0.05) is 55.1 Å². The normalized spacial score (nSPS) is 20.0. The van der Waals surface area contributed by atoms with Crippen molar-refractivity contribution in [2.24, 2.45) is 5.92 Å². The summed E-state index contributed by atoms with van der Waals surface area (Å²) < 4.78 is 5.45. The van der Waals surface area contributed by atoms with Gasteiger partial charge in [0.25, 0.3) is 0 Å². The number of benzene rings is 2. The molecule has 4 heteroatoms. The van der Waals surface area contributed by atoms with E-state index < -0.39 is 5.97 Å². The second-order valence-electron chi connectivity index (χ2n) is 7.09. The largest absolute Gasteiger partial charge is 0.423 e. The predicted molar refractivity (Wildman–Crippen MR) is 107 cm³/mol. The van der Waals surface area contributed by atoms with Crippen molar-refractivity contribution in [3.05, 3.63) is 63.6 Å². The van der Waals surface area contributed by atoms with E-state index in [0.717, 1.165) is 5.92 Å². The molecule has 0 unspecified atom stereocenters. The number of rotatable bonds is 5. The van der Waals surface area contributed by atoms with Crippen LogP contribution in [0, 0.1) is 5.92 Å². The lowest BCUT2D eigenvalue weighted by atomic mass is 9.77. The van der Waals surface area contributed by atoms with E-state index in [2.05, 4.69) is 19.1 Å². The molecule has 2 aromatic rings. The molecular formula is C22H24Cl2O2. The van der Waals surface area contributed by atoms with Gasteiger partial charge in [-0.25, -0.2) is 4.79 Å². The number of hydrogen-bond donors (Lipinski definition) is 0.